The van der Waals surface area contributed by atoms with Crippen molar-refractivity contribution in [3.05, 3.63) is 0 Å². The van der Waals surface area contributed by atoms with Gasteiger partial charge >= 0.3 is 6.09 Å². The summed E-state index contributed by atoms with van der Waals surface area (Å²) in [5.41, 5.74) is 0. The topological polar surface area (TPSA) is 118 Å². The van der Waals surface area contributed by atoms with Crippen LogP contribution in [0.4, 0.5) is 4.79 Å². The van der Waals surface area contributed by atoms with Gasteiger partial charge in [0.05, 0.1) is 19.1 Å². The van der Waals surface area contributed by atoms with Crippen LogP contribution < -0.4 is 0 Å². The number of carbonyl (C=O) groups is 1. The van der Waals surface area contributed by atoms with Crippen LogP contribution in [0.25, 0.3) is 0 Å². The lowest BCUT2D eigenvalue weighted by Crippen LogP contribution is -2.28. The molecule has 0 radical (unpaired) electrons. The minimum absolute atomic E-state index is 0.235. The maximum atomic E-state index is 10.9. The van der Waals surface area contributed by atoms with Gasteiger partial charge in [-0.3, -0.25) is 4.18 Å². The highest BCUT2D eigenvalue weighted by Gasteiger charge is 2.42. The molecule has 11 heteroatoms. The van der Waals surface area contributed by atoms with E-state index in [1.807, 2.05) is 0 Å². The fourth-order valence-corrected chi connectivity index (χ4v) is 3.38. The smallest absolute Gasteiger partial charge is 0.407 e. The minimum Gasteiger partial charge on any atom is -0.465 e. The predicted molar refractivity (Wildman–Crippen MR) is 80.8 cm³/mol. The van der Waals surface area contributed by atoms with Crippen LogP contribution in [-0.2, 0) is 23.4 Å². The highest BCUT2D eigenvalue weighted by atomic mass is 35.7. The second-order valence-corrected chi connectivity index (χ2v) is 10.4. The molecule has 130 valence electrons. The summed E-state index contributed by atoms with van der Waals surface area (Å²) < 4.78 is 45.3. The molecule has 1 amide bonds. The van der Waals surface area contributed by atoms with Crippen LogP contribution >= 0.6 is 10.7 Å². The highest BCUT2D eigenvalue weighted by Crippen LogP contribution is 2.41. The van der Waals surface area contributed by atoms with Gasteiger partial charge in [-0.1, -0.05) is 0 Å². The fraction of sp³-hybridized carbons (Fsp3) is 0.909. The third kappa shape index (κ3) is 7.61. The van der Waals surface area contributed by atoms with Crippen molar-refractivity contribution in [3.8, 4) is 0 Å². The monoisotopic (exact) mass is 377 g/mol. The Balaban J connectivity index is 0.000000422. The van der Waals surface area contributed by atoms with Crippen molar-refractivity contribution in [1.29, 1.82) is 0 Å². The molecule has 2 aliphatic rings. The number of amides is 1. The molecule has 22 heavy (non-hydrogen) atoms. The molecule has 8 nitrogen and oxygen atoms in total. The molecule has 0 spiro atoms. The Kier molecular flexibility index (Phi) is 6.48. The van der Waals surface area contributed by atoms with E-state index < -0.39 is 25.3 Å². The van der Waals surface area contributed by atoms with Gasteiger partial charge in [0.1, 0.15) is 0 Å². The average Bonchev–Trinajstić information content (AvgIpc) is 2.79. The number of hydrogen-bond acceptors (Lipinski definition) is 6. The maximum absolute atomic E-state index is 10.9. The first-order valence-electron chi connectivity index (χ1n) is 6.57. The molecule has 0 aromatic carbocycles. The summed E-state index contributed by atoms with van der Waals surface area (Å²) in [5.74, 6) is 0.995. The van der Waals surface area contributed by atoms with E-state index in [4.69, 9.17) is 9.29 Å². The van der Waals surface area contributed by atoms with E-state index in [0.717, 1.165) is 25.4 Å². The predicted octanol–water partition coefficient (Wildman–Crippen LogP) is 0.783. The first kappa shape index (κ1) is 19.5. The highest BCUT2D eigenvalue weighted by molar-refractivity contribution is 8.13. The van der Waals surface area contributed by atoms with Gasteiger partial charge in [0.15, 0.2) is 0 Å². The van der Waals surface area contributed by atoms with Crippen LogP contribution in [0.2, 0.25) is 0 Å². The van der Waals surface area contributed by atoms with Crippen molar-refractivity contribution in [1.82, 2.24) is 4.90 Å². The zero-order chi connectivity index (χ0) is 17.1. The fourth-order valence-electron chi connectivity index (χ4n) is 2.94. The number of rotatable bonds is 3. The van der Waals surface area contributed by atoms with Crippen molar-refractivity contribution in [3.63, 3.8) is 0 Å². The molecule has 2 rings (SSSR count). The lowest BCUT2D eigenvalue weighted by molar-refractivity contribution is 0.150. The minimum atomic E-state index is -3.36. The lowest BCUT2D eigenvalue weighted by atomic mass is 10.0. The average molecular weight is 378 g/mol. The van der Waals surface area contributed by atoms with E-state index in [-0.39, 0.29) is 12.5 Å². The molecule has 1 saturated heterocycles. The molecular weight excluding hydrogens is 358 g/mol. The number of nitrogens with zero attached hydrogens (tertiary/aromatic N) is 1. The van der Waals surface area contributed by atoms with Crippen LogP contribution in [0, 0.1) is 17.8 Å². The third-order valence-corrected chi connectivity index (χ3v) is 4.20. The molecule has 1 unspecified atom stereocenters. The molecular formula is C11H20ClNO7S2. The van der Waals surface area contributed by atoms with Gasteiger partial charge in [-0.15, -0.1) is 0 Å². The van der Waals surface area contributed by atoms with Crippen molar-refractivity contribution >= 4 is 35.9 Å². The Morgan fingerprint density at radius 2 is 1.59 bits per heavy atom. The van der Waals surface area contributed by atoms with Gasteiger partial charge in [0.25, 0.3) is 10.1 Å². The Morgan fingerprint density at radius 1 is 1.18 bits per heavy atom. The van der Waals surface area contributed by atoms with Crippen LogP contribution in [-0.4, -0.2) is 65.1 Å². The summed E-state index contributed by atoms with van der Waals surface area (Å²) in [4.78, 5) is 12.2. The Bertz CT molecular complexity index is 582. The van der Waals surface area contributed by atoms with Crippen molar-refractivity contribution < 1.29 is 30.9 Å². The summed E-state index contributed by atoms with van der Waals surface area (Å²) in [5, 5.41) is 8.87. The largest absolute Gasteiger partial charge is 0.465 e. The maximum Gasteiger partial charge on any atom is 0.407 e. The molecule has 0 aromatic rings. The zero-order valence-electron chi connectivity index (χ0n) is 12.3. The van der Waals surface area contributed by atoms with Crippen molar-refractivity contribution in [2.75, 3.05) is 32.2 Å². The van der Waals surface area contributed by atoms with E-state index in [2.05, 4.69) is 10.7 Å². The van der Waals surface area contributed by atoms with Gasteiger partial charge in [-0.25, -0.2) is 13.2 Å². The molecule has 1 saturated carbocycles. The number of likely N-dealkylation sites (tertiary alicyclic amines) is 1. The first-order valence-corrected chi connectivity index (χ1v) is 11.1. The normalized spacial score (nSPS) is 28.0. The number of fused-ring (bicyclic) bond motifs is 1. The Hall–Kier alpha value is -0.580. The SMILES string of the molecule is CS(=O)(=O)Cl.CS(=O)(=O)OCC1C[C@@H]2CN(C(=O)O)C[C@@H]2C1. The van der Waals surface area contributed by atoms with Crippen LogP contribution in [0.3, 0.4) is 0 Å². The van der Waals surface area contributed by atoms with Gasteiger partial charge in [-0.2, -0.15) is 8.42 Å². The van der Waals surface area contributed by atoms with Crippen LogP contribution in [0.1, 0.15) is 12.8 Å². The summed E-state index contributed by atoms with van der Waals surface area (Å²) >= 11 is 0. The lowest BCUT2D eigenvalue weighted by Gasteiger charge is -2.15. The number of carboxylic acid groups (broad SMARTS) is 1. The number of hydrogen-bond donors (Lipinski definition) is 1. The van der Waals surface area contributed by atoms with Gasteiger partial charge < -0.3 is 10.0 Å². The molecule has 1 aliphatic heterocycles. The first-order chi connectivity index (χ1) is 9.85. The summed E-state index contributed by atoms with van der Waals surface area (Å²) in [7, 11) is -2.06. The van der Waals surface area contributed by atoms with Crippen molar-refractivity contribution in [2.24, 2.45) is 17.8 Å². The molecule has 0 aromatic heterocycles. The molecule has 1 heterocycles. The third-order valence-electron chi connectivity index (χ3n) is 3.64. The molecule has 2 fully saturated rings. The zero-order valence-corrected chi connectivity index (χ0v) is 14.7. The second kappa shape index (κ2) is 7.33. The van der Waals surface area contributed by atoms with Gasteiger partial charge in [-0.05, 0) is 30.6 Å². The van der Waals surface area contributed by atoms with Crippen molar-refractivity contribution in [2.45, 2.75) is 12.8 Å². The number of halogens is 1. The van der Waals surface area contributed by atoms with E-state index in [0.29, 0.717) is 24.9 Å². The summed E-state index contributed by atoms with van der Waals surface area (Å²) in [6.07, 6.45) is 2.85. The Morgan fingerprint density at radius 3 is 1.91 bits per heavy atom. The van der Waals surface area contributed by atoms with E-state index in [1.165, 1.54) is 4.90 Å². The standard InChI is InChI=1S/C10H17NO5S.CH3ClO2S/c1-17(14,15)16-6-7-2-8-4-11(10(12)13)5-9(8)3-7;1-5(2,3)4/h7-9H,2-6H2,1H3,(H,12,13);1H3/t7?,8-,9+;. The summed E-state index contributed by atoms with van der Waals surface area (Å²) in [6.45, 7) is 1.39. The quantitative estimate of drug-likeness (QED) is 0.570. The molecule has 1 aliphatic carbocycles. The Labute approximate surface area is 134 Å². The molecule has 3 atom stereocenters. The van der Waals surface area contributed by atoms with Crippen LogP contribution in [0.5, 0.6) is 0 Å². The summed E-state index contributed by atoms with van der Waals surface area (Å²) in [6, 6.07) is 0. The second-order valence-electron chi connectivity index (χ2n) is 5.72. The van der Waals surface area contributed by atoms with E-state index in [9.17, 15) is 21.6 Å². The molecule has 1 N–H and O–H groups in total. The van der Waals surface area contributed by atoms with E-state index in [1.54, 1.807) is 0 Å². The van der Waals surface area contributed by atoms with Gasteiger partial charge in [0.2, 0.25) is 9.05 Å². The van der Waals surface area contributed by atoms with Crippen LogP contribution in [0.15, 0.2) is 0 Å². The van der Waals surface area contributed by atoms with E-state index >= 15 is 0 Å². The molecule has 0 bridgehead atoms. The van der Waals surface area contributed by atoms with Gasteiger partial charge in [0, 0.05) is 23.8 Å².